The fourth-order valence-electron chi connectivity index (χ4n) is 1.72. The monoisotopic (exact) mass is 285 g/mol. The first-order chi connectivity index (χ1) is 10.2. The summed E-state index contributed by atoms with van der Waals surface area (Å²) in [5, 5.41) is 10.5. The Kier molecular flexibility index (Phi) is 3.29. The summed E-state index contributed by atoms with van der Waals surface area (Å²) in [6.07, 6.45) is 6.32. The van der Waals surface area contributed by atoms with E-state index in [1.54, 1.807) is 29.3 Å². The van der Waals surface area contributed by atoms with Gasteiger partial charge in [-0.25, -0.2) is 9.48 Å². The molecule has 9 nitrogen and oxygen atoms in total. The van der Waals surface area contributed by atoms with Crippen molar-refractivity contribution >= 4 is 5.91 Å². The third kappa shape index (κ3) is 2.86. The van der Waals surface area contributed by atoms with Crippen LogP contribution >= 0.6 is 0 Å². The molecule has 0 aliphatic heterocycles. The number of aromatic amines is 2. The molecule has 0 aromatic carbocycles. The van der Waals surface area contributed by atoms with Gasteiger partial charge in [0.1, 0.15) is 11.4 Å². The molecule has 0 aliphatic rings. The molecule has 3 aromatic heterocycles. The summed E-state index contributed by atoms with van der Waals surface area (Å²) in [6.45, 7) is 0.201. The molecule has 3 N–H and O–H groups in total. The van der Waals surface area contributed by atoms with E-state index in [0.29, 0.717) is 5.69 Å². The number of pyridine rings is 1. The summed E-state index contributed by atoms with van der Waals surface area (Å²) in [6, 6.07) is 3.63. The number of H-pyrrole nitrogens is 2. The molecule has 0 fully saturated rings. The first-order valence-electron chi connectivity index (χ1n) is 6.10. The zero-order valence-corrected chi connectivity index (χ0v) is 10.8. The van der Waals surface area contributed by atoms with E-state index < -0.39 is 11.6 Å². The van der Waals surface area contributed by atoms with Crippen LogP contribution in [0, 0.1) is 0 Å². The van der Waals surface area contributed by atoms with Gasteiger partial charge in [-0.15, -0.1) is 5.10 Å². The van der Waals surface area contributed by atoms with Gasteiger partial charge in [-0.05, 0) is 12.1 Å². The topological polar surface area (TPSA) is 121 Å². The van der Waals surface area contributed by atoms with Gasteiger partial charge in [0.25, 0.3) is 5.91 Å². The largest absolute Gasteiger partial charge is 0.345 e. The third-order valence-corrected chi connectivity index (χ3v) is 2.72. The zero-order valence-electron chi connectivity index (χ0n) is 10.8. The third-order valence-electron chi connectivity index (χ3n) is 2.72. The number of hydrogen-bond acceptors (Lipinski definition) is 5. The number of imidazole rings is 1. The first kappa shape index (κ1) is 12.8. The van der Waals surface area contributed by atoms with Crippen LogP contribution in [0.2, 0.25) is 0 Å². The van der Waals surface area contributed by atoms with E-state index in [4.69, 9.17) is 0 Å². The summed E-state index contributed by atoms with van der Waals surface area (Å²) in [4.78, 5) is 31.4. The maximum atomic E-state index is 11.7. The van der Waals surface area contributed by atoms with Crippen molar-refractivity contribution in [2.24, 2.45) is 0 Å². The first-order valence-corrected chi connectivity index (χ1v) is 6.10. The highest BCUT2D eigenvalue weighted by molar-refractivity contribution is 5.91. The van der Waals surface area contributed by atoms with E-state index in [1.165, 1.54) is 6.20 Å². The van der Waals surface area contributed by atoms with Crippen LogP contribution in [0.3, 0.4) is 0 Å². The summed E-state index contributed by atoms with van der Waals surface area (Å²) >= 11 is 0. The normalized spacial score (nSPS) is 10.5. The number of aromatic nitrogens is 6. The minimum absolute atomic E-state index is 0.166. The van der Waals surface area contributed by atoms with Gasteiger partial charge in [0.05, 0.1) is 24.6 Å². The van der Waals surface area contributed by atoms with Gasteiger partial charge >= 0.3 is 5.69 Å². The minimum atomic E-state index is -0.428. The minimum Gasteiger partial charge on any atom is -0.345 e. The van der Waals surface area contributed by atoms with E-state index in [2.05, 4.69) is 30.6 Å². The van der Waals surface area contributed by atoms with Gasteiger partial charge in [0.15, 0.2) is 0 Å². The maximum absolute atomic E-state index is 11.7. The summed E-state index contributed by atoms with van der Waals surface area (Å²) in [7, 11) is 0. The van der Waals surface area contributed by atoms with E-state index in [1.807, 2.05) is 6.07 Å². The van der Waals surface area contributed by atoms with Crippen LogP contribution in [0.5, 0.6) is 0 Å². The van der Waals surface area contributed by atoms with E-state index >= 15 is 0 Å². The SMILES string of the molecule is O=C(NCc1cn(-c2cccnc2)nn1)c1c[nH]c(=O)[nH]1. The molecule has 3 aromatic rings. The predicted molar refractivity (Wildman–Crippen MR) is 71.7 cm³/mol. The Hall–Kier alpha value is -3.23. The summed E-state index contributed by atoms with van der Waals surface area (Å²) < 4.78 is 1.56. The molecule has 0 atom stereocenters. The summed E-state index contributed by atoms with van der Waals surface area (Å²) in [5.41, 5.74) is 1.10. The number of carbonyl (C=O) groups excluding carboxylic acids is 1. The van der Waals surface area contributed by atoms with Crippen molar-refractivity contribution in [3.8, 4) is 5.69 Å². The molecule has 0 spiro atoms. The molecule has 9 heteroatoms. The molecule has 106 valence electrons. The number of nitrogens with zero attached hydrogens (tertiary/aromatic N) is 4. The Morgan fingerprint density at radius 3 is 3.05 bits per heavy atom. The lowest BCUT2D eigenvalue weighted by molar-refractivity contribution is 0.0946. The molecule has 3 heterocycles. The molecular formula is C12H11N7O2. The van der Waals surface area contributed by atoms with Crippen molar-refractivity contribution in [3.63, 3.8) is 0 Å². The van der Waals surface area contributed by atoms with Gasteiger partial charge in [0, 0.05) is 12.4 Å². The van der Waals surface area contributed by atoms with Crippen molar-refractivity contribution in [3.05, 3.63) is 58.8 Å². The summed E-state index contributed by atoms with van der Waals surface area (Å²) in [5.74, 6) is -0.399. The van der Waals surface area contributed by atoms with Gasteiger partial charge < -0.3 is 15.3 Å². The molecule has 3 rings (SSSR count). The smallest absolute Gasteiger partial charge is 0.323 e. The van der Waals surface area contributed by atoms with Crippen molar-refractivity contribution in [2.45, 2.75) is 6.54 Å². The second-order valence-electron chi connectivity index (χ2n) is 4.20. The molecular weight excluding hydrogens is 274 g/mol. The molecule has 0 saturated heterocycles. The predicted octanol–water partition coefficient (Wildman–Crippen LogP) is -0.391. The van der Waals surface area contributed by atoms with Crippen LogP contribution in [0.4, 0.5) is 0 Å². The number of nitrogens with one attached hydrogen (secondary N) is 3. The van der Waals surface area contributed by atoms with Crippen molar-refractivity contribution in [1.29, 1.82) is 0 Å². The molecule has 21 heavy (non-hydrogen) atoms. The molecule has 0 aliphatic carbocycles. The van der Waals surface area contributed by atoms with Crippen LogP contribution in [0.15, 0.2) is 41.7 Å². The quantitative estimate of drug-likeness (QED) is 0.602. The number of rotatable bonds is 4. The van der Waals surface area contributed by atoms with Crippen LogP contribution in [0.1, 0.15) is 16.2 Å². The van der Waals surface area contributed by atoms with Crippen LogP contribution in [-0.2, 0) is 6.54 Å². The van der Waals surface area contributed by atoms with E-state index in [-0.39, 0.29) is 12.2 Å². The Morgan fingerprint density at radius 2 is 2.33 bits per heavy atom. The van der Waals surface area contributed by atoms with E-state index in [0.717, 1.165) is 5.69 Å². The fourth-order valence-corrected chi connectivity index (χ4v) is 1.72. The molecule has 0 bridgehead atoms. The second-order valence-corrected chi connectivity index (χ2v) is 4.20. The lowest BCUT2D eigenvalue weighted by Crippen LogP contribution is -2.23. The van der Waals surface area contributed by atoms with Gasteiger partial charge in [-0.2, -0.15) is 0 Å². The molecule has 0 radical (unpaired) electrons. The molecule has 1 amide bonds. The number of amides is 1. The van der Waals surface area contributed by atoms with E-state index in [9.17, 15) is 9.59 Å². The van der Waals surface area contributed by atoms with Gasteiger partial charge in [-0.3, -0.25) is 9.78 Å². The number of carbonyl (C=O) groups is 1. The molecule has 0 unspecified atom stereocenters. The van der Waals surface area contributed by atoms with Crippen molar-refractivity contribution < 1.29 is 4.79 Å². The van der Waals surface area contributed by atoms with Crippen LogP contribution < -0.4 is 11.0 Å². The Labute approximate surface area is 118 Å². The number of hydrogen-bond donors (Lipinski definition) is 3. The zero-order chi connectivity index (χ0) is 14.7. The van der Waals surface area contributed by atoms with Crippen LogP contribution in [-0.4, -0.2) is 35.9 Å². The Morgan fingerprint density at radius 1 is 1.43 bits per heavy atom. The van der Waals surface area contributed by atoms with Crippen molar-refractivity contribution in [2.75, 3.05) is 0 Å². The Balaban J connectivity index is 1.65. The standard InChI is InChI=1S/C12H11N7O2/c20-11(10-6-15-12(21)16-10)14-4-8-7-19(18-17-8)9-2-1-3-13-5-9/h1-3,5-7H,4H2,(H,14,20)(H2,15,16,21). The van der Waals surface area contributed by atoms with Gasteiger partial charge in [0.2, 0.25) is 0 Å². The highest BCUT2D eigenvalue weighted by Gasteiger charge is 2.09. The average Bonchev–Trinajstić information content (AvgIpc) is 3.15. The average molecular weight is 285 g/mol. The molecule has 0 saturated carbocycles. The lowest BCUT2D eigenvalue weighted by Gasteiger charge is -1.99. The van der Waals surface area contributed by atoms with Crippen LogP contribution in [0.25, 0.3) is 5.69 Å². The lowest BCUT2D eigenvalue weighted by atomic mass is 10.4. The van der Waals surface area contributed by atoms with Crippen molar-refractivity contribution in [1.82, 2.24) is 35.3 Å². The van der Waals surface area contributed by atoms with Gasteiger partial charge in [-0.1, -0.05) is 5.21 Å². The highest BCUT2D eigenvalue weighted by Crippen LogP contribution is 2.04. The second kappa shape index (κ2) is 5.41. The fraction of sp³-hybridized carbons (Fsp3) is 0.0833. The maximum Gasteiger partial charge on any atom is 0.323 e. The Bertz CT molecular complexity index is 802. The highest BCUT2D eigenvalue weighted by atomic mass is 16.2.